The van der Waals surface area contributed by atoms with Crippen LogP contribution in [0.2, 0.25) is 0 Å². The van der Waals surface area contributed by atoms with Crippen LogP contribution in [0.15, 0.2) is 23.2 Å². The van der Waals surface area contributed by atoms with E-state index < -0.39 is 11.9 Å². The summed E-state index contributed by atoms with van der Waals surface area (Å²) in [6, 6.07) is 3.55. The number of rotatable bonds is 4. The molecule has 0 saturated heterocycles. The summed E-state index contributed by atoms with van der Waals surface area (Å²) in [5.74, 6) is 0.687. The van der Waals surface area contributed by atoms with Crippen molar-refractivity contribution in [2.24, 2.45) is 4.99 Å². The van der Waals surface area contributed by atoms with Crippen molar-refractivity contribution in [1.82, 2.24) is 14.8 Å². The van der Waals surface area contributed by atoms with E-state index in [1.165, 1.54) is 12.1 Å². The van der Waals surface area contributed by atoms with Gasteiger partial charge in [0.25, 0.3) is 0 Å². The third-order valence-electron chi connectivity index (χ3n) is 2.41. The van der Waals surface area contributed by atoms with Gasteiger partial charge >= 0.3 is 6.18 Å². The average Bonchev–Trinajstić information content (AvgIpc) is 2.37. The molecule has 118 valence electrons. The van der Waals surface area contributed by atoms with E-state index >= 15 is 0 Å². The van der Waals surface area contributed by atoms with E-state index in [4.69, 9.17) is 4.74 Å². The van der Waals surface area contributed by atoms with E-state index in [1.807, 2.05) is 38.0 Å². The van der Waals surface area contributed by atoms with Crippen LogP contribution in [0.1, 0.15) is 5.69 Å². The topological polar surface area (TPSA) is 41.0 Å². The van der Waals surface area contributed by atoms with Gasteiger partial charge in [0, 0.05) is 34.3 Å². The minimum atomic E-state index is -4.47. The quantitative estimate of drug-likeness (QED) is 0.484. The lowest BCUT2D eigenvalue weighted by Gasteiger charge is -2.22. The summed E-state index contributed by atoms with van der Waals surface area (Å²) in [7, 11) is 7.42. The fourth-order valence-electron chi connectivity index (χ4n) is 1.63. The highest BCUT2D eigenvalue weighted by molar-refractivity contribution is 5.79. The van der Waals surface area contributed by atoms with E-state index in [1.54, 1.807) is 0 Å². The normalized spacial score (nSPS) is 11.0. The van der Waals surface area contributed by atoms with Crippen molar-refractivity contribution in [2.45, 2.75) is 6.18 Å². The molecule has 1 aromatic heterocycles. The first kappa shape index (κ1) is 17.1. The van der Waals surface area contributed by atoms with E-state index in [0.717, 1.165) is 12.0 Å². The van der Waals surface area contributed by atoms with Gasteiger partial charge in [-0.2, -0.15) is 13.2 Å². The van der Waals surface area contributed by atoms with Crippen molar-refractivity contribution < 1.29 is 17.9 Å². The van der Waals surface area contributed by atoms with E-state index in [0.29, 0.717) is 6.54 Å². The highest BCUT2D eigenvalue weighted by Crippen LogP contribution is 2.28. The van der Waals surface area contributed by atoms with Crippen molar-refractivity contribution in [3.8, 4) is 5.88 Å². The van der Waals surface area contributed by atoms with E-state index in [2.05, 4.69) is 9.98 Å². The lowest BCUT2D eigenvalue weighted by molar-refractivity contribution is -0.141. The number of ether oxygens (including phenoxy) is 1. The Hall–Kier alpha value is -1.99. The molecule has 0 unspecified atom stereocenters. The van der Waals surface area contributed by atoms with Crippen LogP contribution in [-0.4, -0.2) is 62.1 Å². The monoisotopic (exact) mass is 304 g/mol. The smallest absolute Gasteiger partial charge is 0.433 e. The molecule has 0 fully saturated rings. The maximum atomic E-state index is 12.5. The minimum absolute atomic E-state index is 0.0590. The molecule has 8 heteroatoms. The summed E-state index contributed by atoms with van der Waals surface area (Å²) in [5, 5.41) is 0. The van der Waals surface area contributed by atoms with Gasteiger partial charge in [-0.15, -0.1) is 0 Å². The second kappa shape index (κ2) is 7.14. The van der Waals surface area contributed by atoms with Crippen molar-refractivity contribution in [3.63, 3.8) is 0 Å². The van der Waals surface area contributed by atoms with Crippen LogP contribution in [-0.2, 0) is 6.18 Å². The number of aliphatic imine (C=N–C) groups is 1. The van der Waals surface area contributed by atoms with Crippen molar-refractivity contribution in [2.75, 3.05) is 41.3 Å². The summed E-state index contributed by atoms with van der Waals surface area (Å²) in [6.07, 6.45) is -4.47. The lowest BCUT2D eigenvalue weighted by atomic mass is 10.3. The first-order valence-electron chi connectivity index (χ1n) is 6.28. The van der Waals surface area contributed by atoms with Crippen LogP contribution in [0.3, 0.4) is 0 Å². The first-order chi connectivity index (χ1) is 9.71. The second-order valence-corrected chi connectivity index (χ2v) is 4.68. The fourth-order valence-corrected chi connectivity index (χ4v) is 1.63. The summed E-state index contributed by atoms with van der Waals surface area (Å²) in [4.78, 5) is 11.4. The zero-order chi connectivity index (χ0) is 16.0. The van der Waals surface area contributed by atoms with E-state index in [9.17, 15) is 13.2 Å². The highest BCUT2D eigenvalue weighted by atomic mass is 19.4. The van der Waals surface area contributed by atoms with E-state index in [-0.39, 0.29) is 12.5 Å². The van der Waals surface area contributed by atoms with Gasteiger partial charge < -0.3 is 14.5 Å². The third-order valence-corrected chi connectivity index (χ3v) is 2.41. The van der Waals surface area contributed by atoms with Gasteiger partial charge in [-0.1, -0.05) is 6.07 Å². The Morgan fingerprint density at radius 3 is 2.33 bits per heavy atom. The molecule has 0 aliphatic heterocycles. The number of hydrogen-bond acceptors (Lipinski definition) is 3. The zero-order valence-electron chi connectivity index (χ0n) is 12.5. The summed E-state index contributed by atoms with van der Waals surface area (Å²) in [5.41, 5.74) is -0.967. The summed E-state index contributed by atoms with van der Waals surface area (Å²) >= 11 is 0. The van der Waals surface area contributed by atoms with Crippen LogP contribution in [0.25, 0.3) is 0 Å². The van der Waals surface area contributed by atoms with Gasteiger partial charge in [0.2, 0.25) is 5.88 Å². The SMILES string of the molecule is CN(C)C(=NCCOc1cccc(C(F)(F)F)n1)N(C)C. The van der Waals surface area contributed by atoms with Gasteiger partial charge in [-0.25, -0.2) is 9.98 Å². The summed E-state index contributed by atoms with van der Waals surface area (Å²) in [6.45, 7) is 0.475. The van der Waals surface area contributed by atoms with Gasteiger partial charge in [-0.3, -0.25) is 0 Å². The van der Waals surface area contributed by atoms with Crippen LogP contribution >= 0.6 is 0 Å². The van der Waals surface area contributed by atoms with Crippen LogP contribution in [0, 0.1) is 0 Å². The number of alkyl halides is 3. The predicted molar refractivity (Wildman–Crippen MR) is 74.4 cm³/mol. The Balaban J connectivity index is 2.59. The number of nitrogens with zero attached hydrogens (tertiary/aromatic N) is 4. The Morgan fingerprint density at radius 2 is 1.81 bits per heavy atom. The van der Waals surface area contributed by atoms with Crippen LogP contribution in [0.5, 0.6) is 5.88 Å². The van der Waals surface area contributed by atoms with Gasteiger partial charge in [0.1, 0.15) is 12.3 Å². The molecule has 5 nitrogen and oxygen atoms in total. The standard InChI is InChI=1S/C13H19F3N4O/c1-19(2)12(20(3)4)17-8-9-21-11-7-5-6-10(18-11)13(14,15)16/h5-7H,8-9H2,1-4H3. The molecule has 0 aliphatic carbocycles. The molecule has 0 radical (unpaired) electrons. The molecule has 0 atom stereocenters. The largest absolute Gasteiger partial charge is 0.476 e. The molecule has 0 saturated carbocycles. The predicted octanol–water partition coefficient (Wildman–Crippen LogP) is 1.96. The van der Waals surface area contributed by atoms with Gasteiger partial charge in [0.15, 0.2) is 5.96 Å². The Labute approximate surface area is 122 Å². The molecular formula is C13H19F3N4O. The number of hydrogen-bond donors (Lipinski definition) is 0. The Bertz CT molecular complexity index is 477. The first-order valence-corrected chi connectivity index (χ1v) is 6.28. The zero-order valence-corrected chi connectivity index (χ0v) is 12.5. The number of halogens is 3. The molecule has 0 spiro atoms. The molecular weight excluding hydrogens is 285 g/mol. The molecule has 0 bridgehead atoms. The average molecular weight is 304 g/mol. The molecule has 1 rings (SSSR count). The van der Waals surface area contributed by atoms with Gasteiger partial charge in [-0.05, 0) is 6.07 Å². The third kappa shape index (κ3) is 5.49. The van der Waals surface area contributed by atoms with Crippen molar-refractivity contribution in [3.05, 3.63) is 23.9 Å². The van der Waals surface area contributed by atoms with Crippen LogP contribution in [0.4, 0.5) is 13.2 Å². The Morgan fingerprint density at radius 1 is 1.19 bits per heavy atom. The molecule has 1 aromatic rings. The molecule has 0 aromatic carbocycles. The Kier molecular flexibility index (Phi) is 5.80. The fraction of sp³-hybridized carbons (Fsp3) is 0.538. The van der Waals surface area contributed by atoms with Crippen LogP contribution < -0.4 is 4.74 Å². The lowest BCUT2D eigenvalue weighted by Crippen LogP contribution is -2.35. The minimum Gasteiger partial charge on any atom is -0.476 e. The number of pyridine rings is 1. The second-order valence-electron chi connectivity index (χ2n) is 4.68. The molecule has 1 heterocycles. The van der Waals surface area contributed by atoms with Crippen molar-refractivity contribution >= 4 is 5.96 Å². The highest BCUT2D eigenvalue weighted by Gasteiger charge is 2.32. The maximum Gasteiger partial charge on any atom is 0.433 e. The molecule has 0 aliphatic rings. The van der Waals surface area contributed by atoms with Gasteiger partial charge in [0.05, 0.1) is 6.54 Å². The van der Waals surface area contributed by atoms with Crippen molar-refractivity contribution in [1.29, 1.82) is 0 Å². The molecule has 0 amide bonds. The number of guanidine groups is 1. The summed E-state index contributed by atoms with van der Waals surface area (Å²) < 4.78 is 42.7. The molecule has 21 heavy (non-hydrogen) atoms. The maximum absolute atomic E-state index is 12.5. The molecule has 0 N–H and O–H groups in total. The number of aromatic nitrogens is 1.